The Morgan fingerprint density at radius 2 is 2.08 bits per heavy atom. The third-order valence-electron chi connectivity index (χ3n) is 4.09. The summed E-state index contributed by atoms with van der Waals surface area (Å²) in [6, 6.07) is 4.67. The van der Waals surface area contributed by atoms with Crippen molar-refractivity contribution in [2.45, 2.75) is 25.2 Å². The molecule has 1 saturated heterocycles. The van der Waals surface area contributed by atoms with Crippen molar-refractivity contribution in [3.05, 3.63) is 24.1 Å². The molecule has 0 spiro atoms. The fourth-order valence-corrected chi connectivity index (χ4v) is 4.35. The van der Waals surface area contributed by atoms with Gasteiger partial charge in [0.2, 0.25) is 10.0 Å². The van der Waals surface area contributed by atoms with E-state index in [4.69, 9.17) is 9.15 Å². The number of aromatic nitrogens is 1. The number of hydrogen-bond acceptors (Lipinski definition) is 6. The molecule has 0 atom stereocenters. The van der Waals surface area contributed by atoms with Crippen LogP contribution in [0, 0.1) is 6.92 Å². The molecule has 0 aliphatic carbocycles. The summed E-state index contributed by atoms with van der Waals surface area (Å²) in [6.07, 6.45) is 0.155. The van der Waals surface area contributed by atoms with Gasteiger partial charge in [0.05, 0.1) is 11.5 Å². The van der Waals surface area contributed by atoms with Crippen molar-refractivity contribution < 1.29 is 22.4 Å². The molecule has 25 heavy (non-hydrogen) atoms. The van der Waals surface area contributed by atoms with E-state index in [0.29, 0.717) is 49.7 Å². The minimum absolute atomic E-state index is 0.167. The van der Waals surface area contributed by atoms with E-state index >= 15 is 0 Å². The first-order valence-corrected chi connectivity index (χ1v) is 9.65. The molecule has 1 aromatic carbocycles. The van der Waals surface area contributed by atoms with Gasteiger partial charge in [0.1, 0.15) is 5.52 Å². The van der Waals surface area contributed by atoms with Crippen molar-refractivity contribution in [1.82, 2.24) is 14.2 Å². The predicted molar refractivity (Wildman–Crippen MR) is 90.7 cm³/mol. The standard InChI is InChI=1S/C16H21N3O5S/c1-3-23-16(20)18-7-4-8-19(10-9-18)25(21,22)13-5-6-14-15(11-13)24-12(2)17-14/h5-6,11H,3-4,7-10H2,1-2H3. The average molecular weight is 367 g/mol. The molecule has 1 aromatic heterocycles. The molecule has 2 aromatic rings. The summed E-state index contributed by atoms with van der Waals surface area (Å²) in [4.78, 5) is 17.7. The van der Waals surface area contributed by atoms with E-state index in [-0.39, 0.29) is 11.4 Å². The second-order valence-electron chi connectivity index (χ2n) is 5.81. The molecular weight excluding hydrogens is 346 g/mol. The normalized spacial score (nSPS) is 16.8. The van der Waals surface area contributed by atoms with Crippen LogP contribution in [0.3, 0.4) is 0 Å². The minimum atomic E-state index is -3.66. The Bertz CT molecular complexity index is 877. The smallest absolute Gasteiger partial charge is 0.409 e. The van der Waals surface area contributed by atoms with E-state index in [1.807, 2.05) is 0 Å². The molecule has 0 bridgehead atoms. The number of nitrogens with zero attached hydrogens (tertiary/aromatic N) is 3. The Hall–Kier alpha value is -2.13. The van der Waals surface area contributed by atoms with E-state index in [0.717, 1.165) is 0 Å². The lowest BCUT2D eigenvalue weighted by molar-refractivity contribution is 0.109. The van der Waals surface area contributed by atoms with Gasteiger partial charge in [0, 0.05) is 39.2 Å². The zero-order valence-corrected chi connectivity index (χ0v) is 15.1. The second kappa shape index (κ2) is 7.01. The predicted octanol–water partition coefficient (Wildman–Crippen LogP) is 1.99. The van der Waals surface area contributed by atoms with E-state index in [1.165, 1.54) is 16.4 Å². The maximum atomic E-state index is 12.9. The molecule has 1 amide bonds. The topological polar surface area (TPSA) is 93.0 Å². The Morgan fingerprint density at radius 3 is 2.84 bits per heavy atom. The summed E-state index contributed by atoms with van der Waals surface area (Å²) in [7, 11) is -3.66. The molecule has 3 rings (SSSR count). The van der Waals surface area contributed by atoms with Gasteiger partial charge in [-0.3, -0.25) is 0 Å². The van der Waals surface area contributed by atoms with Gasteiger partial charge >= 0.3 is 6.09 Å². The van der Waals surface area contributed by atoms with Crippen LogP contribution in [-0.2, 0) is 14.8 Å². The number of benzene rings is 1. The van der Waals surface area contributed by atoms with Crippen molar-refractivity contribution in [2.75, 3.05) is 32.8 Å². The third kappa shape index (κ3) is 3.62. The lowest BCUT2D eigenvalue weighted by Crippen LogP contribution is -2.37. The van der Waals surface area contributed by atoms with E-state index < -0.39 is 16.1 Å². The molecule has 1 aliphatic heterocycles. The SMILES string of the molecule is CCOC(=O)N1CCCN(S(=O)(=O)c2ccc3nc(C)oc3c2)CC1. The van der Waals surface area contributed by atoms with Gasteiger partial charge < -0.3 is 14.1 Å². The summed E-state index contributed by atoms with van der Waals surface area (Å²) in [5.74, 6) is 0.490. The van der Waals surface area contributed by atoms with Crippen molar-refractivity contribution in [2.24, 2.45) is 0 Å². The van der Waals surface area contributed by atoms with Crippen molar-refractivity contribution in [3.8, 4) is 0 Å². The van der Waals surface area contributed by atoms with Crippen LogP contribution in [0.4, 0.5) is 4.79 Å². The van der Waals surface area contributed by atoms with Crippen LogP contribution in [0.25, 0.3) is 11.1 Å². The Morgan fingerprint density at radius 1 is 1.28 bits per heavy atom. The first kappa shape index (κ1) is 17.7. The highest BCUT2D eigenvalue weighted by molar-refractivity contribution is 7.89. The monoisotopic (exact) mass is 367 g/mol. The molecule has 2 heterocycles. The summed E-state index contributed by atoms with van der Waals surface area (Å²) in [6.45, 7) is 5.13. The number of aryl methyl sites for hydroxylation is 1. The molecule has 136 valence electrons. The van der Waals surface area contributed by atoms with Gasteiger partial charge in [-0.05, 0) is 25.5 Å². The molecular formula is C16H21N3O5S. The lowest BCUT2D eigenvalue weighted by atomic mass is 10.3. The fraction of sp³-hybridized carbons (Fsp3) is 0.500. The van der Waals surface area contributed by atoms with Crippen LogP contribution in [0.5, 0.6) is 0 Å². The summed E-state index contributed by atoms with van der Waals surface area (Å²) in [5, 5.41) is 0. The lowest BCUT2D eigenvalue weighted by Gasteiger charge is -2.21. The third-order valence-corrected chi connectivity index (χ3v) is 5.98. The Kier molecular flexibility index (Phi) is 4.96. The van der Waals surface area contributed by atoms with Crippen LogP contribution >= 0.6 is 0 Å². The average Bonchev–Trinajstić information content (AvgIpc) is 2.78. The molecule has 0 saturated carbocycles. The number of fused-ring (bicyclic) bond motifs is 1. The van der Waals surface area contributed by atoms with Crippen molar-refractivity contribution >= 4 is 27.2 Å². The quantitative estimate of drug-likeness (QED) is 0.824. The van der Waals surface area contributed by atoms with E-state index in [9.17, 15) is 13.2 Å². The molecule has 1 fully saturated rings. The first-order valence-electron chi connectivity index (χ1n) is 8.21. The number of rotatable bonds is 3. The number of amides is 1. The number of sulfonamides is 1. The molecule has 0 radical (unpaired) electrons. The summed E-state index contributed by atoms with van der Waals surface area (Å²) >= 11 is 0. The number of oxazole rings is 1. The molecule has 0 N–H and O–H groups in total. The fourth-order valence-electron chi connectivity index (χ4n) is 2.86. The summed E-state index contributed by atoms with van der Waals surface area (Å²) in [5.41, 5.74) is 1.07. The highest BCUT2D eigenvalue weighted by atomic mass is 32.2. The van der Waals surface area contributed by atoms with Gasteiger partial charge in [-0.1, -0.05) is 0 Å². The van der Waals surface area contributed by atoms with Gasteiger partial charge in [0.15, 0.2) is 11.5 Å². The molecule has 9 heteroatoms. The minimum Gasteiger partial charge on any atom is -0.450 e. The molecule has 0 unspecified atom stereocenters. The van der Waals surface area contributed by atoms with Crippen LogP contribution in [-0.4, -0.2) is 61.5 Å². The number of ether oxygens (including phenoxy) is 1. The van der Waals surface area contributed by atoms with Gasteiger partial charge in [-0.2, -0.15) is 4.31 Å². The van der Waals surface area contributed by atoms with Crippen LogP contribution in [0.15, 0.2) is 27.5 Å². The van der Waals surface area contributed by atoms with Gasteiger partial charge in [-0.15, -0.1) is 0 Å². The maximum absolute atomic E-state index is 12.9. The van der Waals surface area contributed by atoms with Gasteiger partial charge in [0.25, 0.3) is 0 Å². The zero-order chi connectivity index (χ0) is 18.0. The van der Waals surface area contributed by atoms with E-state index in [1.54, 1.807) is 24.8 Å². The van der Waals surface area contributed by atoms with Crippen LogP contribution < -0.4 is 0 Å². The number of carbonyl (C=O) groups excluding carboxylic acids is 1. The Labute approximate surface area is 146 Å². The van der Waals surface area contributed by atoms with Crippen LogP contribution in [0.1, 0.15) is 19.2 Å². The highest BCUT2D eigenvalue weighted by Crippen LogP contribution is 2.23. The first-order chi connectivity index (χ1) is 11.9. The zero-order valence-electron chi connectivity index (χ0n) is 14.3. The number of hydrogen-bond donors (Lipinski definition) is 0. The van der Waals surface area contributed by atoms with Crippen LogP contribution in [0.2, 0.25) is 0 Å². The van der Waals surface area contributed by atoms with Crippen molar-refractivity contribution in [3.63, 3.8) is 0 Å². The maximum Gasteiger partial charge on any atom is 0.409 e. The molecule has 1 aliphatic rings. The summed E-state index contributed by atoms with van der Waals surface area (Å²) < 4.78 is 37.7. The number of carbonyl (C=O) groups is 1. The van der Waals surface area contributed by atoms with E-state index in [2.05, 4.69) is 4.98 Å². The largest absolute Gasteiger partial charge is 0.450 e. The Balaban J connectivity index is 1.80. The molecule has 8 nitrogen and oxygen atoms in total. The van der Waals surface area contributed by atoms with Crippen molar-refractivity contribution in [1.29, 1.82) is 0 Å². The second-order valence-corrected chi connectivity index (χ2v) is 7.74. The highest BCUT2D eigenvalue weighted by Gasteiger charge is 2.29. The van der Waals surface area contributed by atoms with Gasteiger partial charge in [-0.25, -0.2) is 18.2 Å².